The fraction of sp³-hybridized carbons (Fsp3) is 0.136. The summed E-state index contributed by atoms with van der Waals surface area (Å²) in [5, 5.41) is 13.7. The number of hydrogen-bond donors (Lipinski definition) is 2. The molecule has 7 heteroatoms. The molecule has 0 spiro atoms. The van der Waals surface area contributed by atoms with Crippen LogP contribution in [0.1, 0.15) is 27.0 Å². The van der Waals surface area contributed by atoms with Gasteiger partial charge in [-0.3, -0.25) is 0 Å². The predicted octanol–water partition coefficient (Wildman–Crippen LogP) is 6.95. The highest BCUT2D eigenvalue weighted by Gasteiger charge is 2.12. The second-order valence-electron chi connectivity index (χ2n) is 6.38. The zero-order chi connectivity index (χ0) is 21.0. The molecule has 0 saturated carbocycles. The van der Waals surface area contributed by atoms with E-state index in [9.17, 15) is 9.90 Å². The van der Waals surface area contributed by atoms with Gasteiger partial charge in [0, 0.05) is 37.9 Å². The number of aromatic carboxylic acids is 1. The summed E-state index contributed by atoms with van der Waals surface area (Å²) in [6, 6.07) is 16.2. The van der Waals surface area contributed by atoms with E-state index >= 15 is 0 Å². The molecule has 0 aromatic heterocycles. The highest BCUT2D eigenvalue weighted by Crippen LogP contribution is 2.29. The lowest BCUT2D eigenvalue weighted by atomic mass is 10.1. The number of nitrogens with one attached hydrogen (secondary N) is 1. The number of carboxylic acid groups (broad SMARTS) is 1. The molecule has 0 amide bonds. The second-order valence-corrected chi connectivity index (χ2v) is 8.11. The van der Waals surface area contributed by atoms with Gasteiger partial charge in [-0.25, -0.2) is 4.79 Å². The van der Waals surface area contributed by atoms with Gasteiger partial charge in [0.25, 0.3) is 0 Å². The SMILES string of the molecule is Cc1c(NCc2cc(Br)ccc2OCc2c(Cl)cccc2Cl)cccc1C(=O)O. The molecule has 29 heavy (non-hydrogen) atoms. The third kappa shape index (κ3) is 5.24. The molecule has 3 aromatic carbocycles. The maximum absolute atomic E-state index is 11.3. The molecule has 150 valence electrons. The van der Waals surface area contributed by atoms with Gasteiger partial charge in [-0.15, -0.1) is 0 Å². The molecular formula is C22H18BrCl2NO3. The van der Waals surface area contributed by atoms with E-state index < -0.39 is 5.97 Å². The number of carboxylic acids is 1. The zero-order valence-electron chi connectivity index (χ0n) is 15.5. The number of hydrogen-bond acceptors (Lipinski definition) is 3. The molecule has 3 aromatic rings. The quantitative estimate of drug-likeness (QED) is 0.373. The first-order chi connectivity index (χ1) is 13.9. The van der Waals surface area contributed by atoms with Crippen LogP contribution in [0.15, 0.2) is 59.1 Å². The van der Waals surface area contributed by atoms with Gasteiger partial charge in [-0.2, -0.15) is 0 Å². The van der Waals surface area contributed by atoms with Gasteiger partial charge < -0.3 is 15.2 Å². The van der Waals surface area contributed by atoms with Crippen LogP contribution in [0.3, 0.4) is 0 Å². The monoisotopic (exact) mass is 493 g/mol. The number of rotatable bonds is 7. The summed E-state index contributed by atoms with van der Waals surface area (Å²) < 4.78 is 6.91. The third-order valence-electron chi connectivity index (χ3n) is 4.49. The number of ether oxygens (including phenoxy) is 1. The van der Waals surface area contributed by atoms with Crippen LogP contribution < -0.4 is 10.1 Å². The maximum atomic E-state index is 11.3. The van der Waals surface area contributed by atoms with Crippen LogP contribution in [0, 0.1) is 6.92 Å². The molecular weight excluding hydrogens is 477 g/mol. The highest BCUT2D eigenvalue weighted by atomic mass is 79.9. The highest BCUT2D eigenvalue weighted by molar-refractivity contribution is 9.10. The van der Waals surface area contributed by atoms with Crippen molar-refractivity contribution in [3.63, 3.8) is 0 Å². The molecule has 3 rings (SSSR count). The van der Waals surface area contributed by atoms with Crippen molar-refractivity contribution in [3.05, 3.63) is 91.4 Å². The molecule has 0 saturated heterocycles. The van der Waals surface area contributed by atoms with Crippen molar-refractivity contribution < 1.29 is 14.6 Å². The first-order valence-electron chi connectivity index (χ1n) is 8.77. The van der Waals surface area contributed by atoms with Crippen LogP contribution in [0.2, 0.25) is 10.0 Å². The summed E-state index contributed by atoms with van der Waals surface area (Å²) in [4.78, 5) is 11.3. The van der Waals surface area contributed by atoms with Crippen molar-refractivity contribution in [2.24, 2.45) is 0 Å². The van der Waals surface area contributed by atoms with Crippen molar-refractivity contribution in [3.8, 4) is 5.75 Å². The molecule has 0 atom stereocenters. The first kappa shape index (κ1) is 21.5. The van der Waals surface area contributed by atoms with Crippen LogP contribution in [0.4, 0.5) is 5.69 Å². The van der Waals surface area contributed by atoms with E-state index in [0.29, 0.717) is 27.9 Å². The van der Waals surface area contributed by atoms with Gasteiger partial charge in [0.1, 0.15) is 12.4 Å². The van der Waals surface area contributed by atoms with Crippen LogP contribution in [0.25, 0.3) is 0 Å². The van der Waals surface area contributed by atoms with E-state index in [2.05, 4.69) is 21.2 Å². The molecule has 0 aliphatic rings. The topological polar surface area (TPSA) is 58.6 Å². The van der Waals surface area contributed by atoms with Gasteiger partial charge in [-0.05, 0) is 55.0 Å². The van der Waals surface area contributed by atoms with Crippen LogP contribution in [-0.4, -0.2) is 11.1 Å². The second kappa shape index (κ2) is 9.53. The lowest BCUT2D eigenvalue weighted by molar-refractivity contribution is 0.0696. The van der Waals surface area contributed by atoms with Crippen molar-refractivity contribution >= 4 is 50.8 Å². The Balaban J connectivity index is 1.79. The summed E-state index contributed by atoms with van der Waals surface area (Å²) in [7, 11) is 0. The van der Waals surface area contributed by atoms with Crippen LogP contribution >= 0.6 is 39.1 Å². The average Bonchev–Trinajstić information content (AvgIpc) is 2.67. The lowest BCUT2D eigenvalue weighted by Crippen LogP contribution is -2.07. The van der Waals surface area contributed by atoms with Crippen molar-refractivity contribution in [2.45, 2.75) is 20.1 Å². The van der Waals surface area contributed by atoms with E-state index in [1.54, 1.807) is 37.3 Å². The Morgan fingerprint density at radius 3 is 2.48 bits per heavy atom. The predicted molar refractivity (Wildman–Crippen MR) is 120 cm³/mol. The molecule has 0 aliphatic carbocycles. The fourth-order valence-corrected chi connectivity index (χ4v) is 3.81. The number of carbonyl (C=O) groups is 1. The number of halogens is 3. The summed E-state index contributed by atoms with van der Waals surface area (Å²) >= 11 is 15.9. The Labute approximate surface area is 187 Å². The summed E-state index contributed by atoms with van der Waals surface area (Å²) in [6.45, 7) is 2.47. The van der Waals surface area contributed by atoms with Crippen molar-refractivity contribution in [1.82, 2.24) is 0 Å². The fourth-order valence-electron chi connectivity index (χ4n) is 2.90. The average molecular weight is 495 g/mol. The summed E-state index contributed by atoms with van der Waals surface area (Å²) in [6.07, 6.45) is 0. The first-order valence-corrected chi connectivity index (χ1v) is 10.3. The van der Waals surface area contributed by atoms with Gasteiger partial charge in [0.05, 0.1) is 5.56 Å². The van der Waals surface area contributed by atoms with E-state index in [1.807, 2.05) is 24.3 Å². The Morgan fingerprint density at radius 1 is 1.10 bits per heavy atom. The Bertz CT molecular complexity index is 1040. The summed E-state index contributed by atoms with van der Waals surface area (Å²) in [5.74, 6) is -0.266. The van der Waals surface area contributed by atoms with Crippen LogP contribution in [0.5, 0.6) is 5.75 Å². The standard InChI is InChI=1S/C22H18BrCl2NO3/c1-13-16(22(27)28)4-2-7-20(13)26-11-14-10-15(23)8-9-21(14)29-12-17-18(24)5-3-6-19(17)25/h2-10,26H,11-12H2,1H3,(H,27,28). The summed E-state index contributed by atoms with van der Waals surface area (Å²) in [5.41, 5.74) is 3.34. The lowest BCUT2D eigenvalue weighted by Gasteiger charge is -2.16. The van der Waals surface area contributed by atoms with Gasteiger partial charge in [0.15, 0.2) is 0 Å². The zero-order valence-corrected chi connectivity index (χ0v) is 18.6. The minimum absolute atomic E-state index is 0.237. The van der Waals surface area contributed by atoms with Gasteiger partial charge in [0.2, 0.25) is 0 Å². The Hall–Kier alpha value is -2.21. The number of anilines is 1. The molecule has 0 heterocycles. The molecule has 2 N–H and O–H groups in total. The van der Waals surface area contributed by atoms with Gasteiger partial charge >= 0.3 is 5.97 Å². The minimum Gasteiger partial charge on any atom is -0.488 e. The van der Waals surface area contributed by atoms with E-state index in [4.69, 9.17) is 27.9 Å². The Kier molecular flexibility index (Phi) is 7.06. The van der Waals surface area contributed by atoms with Crippen LogP contribution in [-0.2, 0) is 13.2 Å². The molecule has 0 aliphatic heterocycles. The van der Waals surface area contributed by atoms with E-state index in [1.165, 1.54) is 0 Å². The normalized spacial score (nSPS) is 10.6. The minimum atomic E-state index is -0.950. The van der Waals surface area contributed by atoms with Crippen molar-refractivity contribution in [2.75, 3.05) is 5.32 Å². The van der Waals surface area contributed by atoms with Gasteiger partial charge in [-0.1, -0.05) is 51.3 Å². The molecule has 4 nitrogen and oxygen atoms in total. The number of benzene rings is 3. The molecule has 0 unspecified atom stereocenters. The van der Waals surface area contributed by atoms with E-state index in [0.717, 1.165) is 21.3 Å². The molecule has 0 bridgehead atoms. The van der Waals surface area contributed by atoms with E-state index in [-0.39, 0.29) is 12.2 Å². The largest absolute Gasteiger partial charge is 0.488 e. The smallest absolute Gasteiger partial charge is 0.336 e. The molecule has 0 fully saturated rings. The van der Waals surface area contributed by atoms with Crippen molar-refractivity contribution in [1.29, 1.82) is 0 Å². The molecule has 0 radical (unpaired) electrons. The third-order valence-corrected chi connectivity index (χ3v) is 5.69. The maximum Gasteiger partial charge on any atom is 0.336 e. The Morgan fingerprint density at radius 2 is 1.79 bits per heavy atom.